The minimum Gasteiger partial charge on any atom is -0.438 e. The fourth-order valence-electron chi connectivity index (χ4n) is 3.17. The third-order valence-electron chi connectivity index (χ3n) is 4.71. The number of nitrogens with one attached hydrogen (secondary N) is 1. The molecule has 3 rings (SSSR count). The third-order valence-corrected chi connectivity index (χ3v) is 4.71. The molecule has 2 heterocycles. The zero-order valence-electron chi connectivity index (χ0n) is 15.8. The molecule has 1 fully saturated rings. The zero-order chi connectivity index (χ0) is 19.2. The predicted octanol–water partition coefficient (Wildman–Crippen LogP) is 3.12. The standard InChI is InChI=1S/C21H25N3O3/c1-15-6-3-7-16(2)20(15)27-21-17(8-4-11-22-21)14-23-18(25)10-13-24-12-5-9-19(24)26/h3-4,6-8,11H,5,9-10,12-14H2,1-2H3,(H,23,25). The van der Waals surface area contributed by atoms with Gasteiger partial charge in [-0.05, 0) is 37.5 Å². The van der Waals surface area contributed by atoms with Crippen molar-refractivity contribution in [3.63, 3.8) is 0 Å². The highest BCUT2D eigenvalue weighted by Gasteiger charge is 2.20. The van der Waals surface area contributed by atoms with Crippen LogP contribution in [0, 0.1) is 13.8 Å². The molecule has 1 aliphatic rings. The maximum absolute atomic E-state index is 12.1. The molecule has 1 N–H and O–H groups in total. The molecule has 0 atom stereocenters. The van der Waals surface area contributed by atoms with Gasteiger partial charge in [0.1, 0.15) is 5.75 Å². The van der Waals surface area contributed by atoms with Gasteiger partial charge in [0.25, 0.3) is 0 Å². The molecule has 0 unspecified atom stereocenters. The topological polar surface area (TPSA) is 71.5 Å². The Balaban J connectivity index is 1.59. The van der Waals surface area contributed by atoms with E-state index in [4.69, 9.17) is 4.74 Å². The van der Waals surface area contributed by atoms with Crippen LogP contribution in [0.25, 0.3) is 0 Å². The van der Waals surface area contributed by atoms with E-state index in [1.165, 1.54) is 0 Å². The summed E-state index contributed by atoms with van der Waals surface area (Å²) < 4.78 is 6.04. The van der Waals surface area contributed by atoms with Crippen LogP contribution >= 0.6 is 0 Å². The van der Waals surface area contributed by atoms with Crippen LogP contribution in [-0.4, -0.2) is 34.8 Å². The highest BCUT2D eigenvalue weighted by atomic mass is 16.5. The summed E-state index contributed by atoms with van der Waals surface area (Å²) in [7, 11) is 0. The third kappa shape index (κ3) is 4.84. The number of aryl methyl sites for hydroxylation is 2. The maximum Gasteiger partial charge on any atom is 0.224 e. The average Bonchev–Trinajstić information content (AvgIpc) is 3.07. The number of carbonyl (C=O) groups excluding carboxylic acids is 2. The number of ether oxygens (including phenoxy) is 1. The number of pyridine rings is 1. The van der Waals surface area contributed by atoms with Crippen molar-refractivity contribution in [1.82, 2.24) is 15.2 Å². The predicted molar refractivity (Wildman–Crippen MR) is 103 cm³/mol. The minimum absolute atomic E-state index is 0.0865. The molecule has 1 aromatic carbocycles. The number of para-hydroxylation sites is 1. The summed E-state index contributed by atoms with van der Waals surface area (Å²) in [6.07, 6.45) is 3.46. The van der Waals surface area contributed by atoms with Gasteiger partial charge in [0.15, 0.2) is 0 Å². The molecular formula is C21H25N3O3. The van der Waals surface area contributed by atoms with Gasteiger partial charge in [0.2, 0.25) is 17.7 Å². The summed E-state index contributed by atoms with van der Waals surface area (Å²) in [6, 6.07) is 9.68. The first-order valence-electron chi connectivity index (χ1n) is 9.27. The zero-order valence-corrected chi connectivity index (χ0v) is 15.8. The molecule has 1 saturated heterocycles. The Morgan fingerprint density at radius 3 is 2.70 bits per heavy atom. The van der Waals surface area contributed by atoms with Crippen molar-refractivity contribution in [1.29, 1.82) is 0 Å². The van der Waals surface area contributed by atoms with Crippen molar-refractivity contribution in [2.75, 3.05) is 13.1 Å². The van der Waals surface area contributed by atoms with Crippen LogP contribution < -0.4 is 10.1 Å². The molecule has 6 heteroatoms. The van der Waals surface area contributed by atoms with Crippen molar-refractivity contribution in [3.05, 3.63) is 53.2 Å². The highest BCUT2D eigenvalue weighted by molar-refractivity contribution is 5.80. The van der Waals surface area contributed by atoms with Gasteiger partial charge in [-0.3, -0.25) is 9.59 Å². The molecule has 0 aliphatic carbocycles. The number of aromatic nitrogens is 1. The lowest BCUT2D eigenvalue weighted by Gasteiger charge is -2.16. The van der Waals surface area contributed by atoms with E-state index in [9.17, 15) is 9.59 Å². The number of benzene rings is 1. The van der Waals surface area contributed by atoms with Crippen LogP contribution in [0.5, 0.6) is 11.6 Å². The van der Waals surface area contributed by atoms with Crippen molar-refractivity contribution >= 4 is 11.8 Å². The normalized spacial score (nSPS) is 13.7. The molecule has 2 aromatic rings. The van der Waals surface area contributed by atoms with Crippen LogP contribution in [-0.2, 0) is 16.1 Å². The quantitative estimate of drug-likeness (QED) is 0.816. The van der Waals surface area contributed by atoms with Crippen LogP contribution in [0.3, 0.4) is 0 Å². The van der Waals surface area contributed by atoms with Crippen LogP contribution in [0.2, 0.25) is 0 Å². The van der Waals surface area contributed by atoms with Gasteiger partial charge in [-0.15, -0.1) is 0 Å². The van der Waals surface area contributed by atoms with Crippen LogP contribution in [0.1, 0.15) is 36.0 Å². The summed E-state index contributed by atoms with van der Waals surface area (Å²) in [5, 5.41) is 2.90. The van der Waals surface area contributed by atoms with E-state index in [1.54, 1.807) is 11.1 Å². The molecule has 1 aliphatic heterocycles. The second-order valence-corrected chi connectivity index (χ2v) is 6.80. The molecule has 0 saturated carbocycles. The van der Waals surface area contributed by atoms with Crippen molar-refractivity contribution < 1.29 is 14.3 Å². The molecule has 142 valence electrons. The Kier molecular flexibility index (Phi) is 6.06. The van der Waals surface area contributed by atoms with Gasteiger partial charge in [0, 0.05) is 44.2 Å². The highest BCUT2D eigenvalue weighted by Crippen LogP contribution is 2.29. The number of rotatable bonds is 7. The van der Waals surface area contributed by atoms with Gasteiger partial charge >= 0.3 is 0 Å². The monoisotopic (exact) mass is 367 g/mol. The van der Waals surface area contributed by atoms with E-state index in [0.29, 0.717) is 31.8 Å². The van der Waals surface area contributed by atoms with E-state index in [-0.39, 0.29) is 11.8 Å². The van der Waals surface area contributed by atoms with Gasteiger partial charge in [0.05, 0.1) is 0 Å². The van der Waals surface area contributed by atoms with Gasteiger partial charge in [-0.25, -0.2) is 4.98 Å². The first-order chi connectivity index (χ1) is 13.0. The summed E-state index contributed by atoms with van der Waals surface area (Å²) >= 11 is 0. The molecule has 0 bridgehead atoms. The smallest absolute Gasteiger partial charge is 0.224 e. The molecule has 0 spiro atoms. The Morgan fingerprint density at radius 2 is 2.00 bits per heavy atom. The lowest BCUT2D eigenvalue weighted by atomic mass is 10.1. The fourth-order valence-corrected chi connectivity index (χ4v) is 3.17. The molecular weight excluding hydrogens is 342 g/mol. The Morgan fingerprint density at radius 1 is 1.22 bits per heavy atom. The van der Waals surface area contributed by atoms with Crippen molar-refractivity contribution in [2.24, 2.45) is 0 Å². The first-order valence-corrected chi connectivity index (χ1v) is 9.27. The summed E-state index contributed by atoms with van der Waals surface area (Å²) in [6.45, 7) is 5.55. The van der Waals surface area contributed by atoms with Gasteiger partial charge in [-0.1, -0.05) is 24.3 Å². The lowest BCUT2D eigenvalue weighted by Crippen LogP contribution is -2.31. The second kappa shape index (κ2) is 8.66. The molecule has 6 nitrogen and oxygen atoms in total. The Bertz CT molecular complexity index is 815. The SMILES string of the molecule is Cc1cccc(C)c1Oc1ncccc1CNC(=O)CCN1CCCC1=O. The Hall–Kier alpha value is -2.89. The van der Waals surface area contributed by atoms with Crippen LogP contribution in [0.4, 0.5) is 0 Å². The number of hydrogen-bond donors (Lipinski definition) is 1. The average molecular weight is 367 g/mol. The molecule has 2 amide bonds. The first kappa shape index (κ1) is 18.9. The largest absolute Gasteiger partial charge is 0.438 e. The van der Waals surface area contributed by atoms with E-state index >= 15 is 0 Å². The summed E-state index contributed by atoms with van der Waals surface area (Å²) in [5.41, 5.74) is 2.88. The summed E-state index contributed by atoms with van der Waals surface area (Å²) in [5.74, 6) is 1.33. The fraction of sp³-hybridized carbons (Fsp3) is 0.381. The maximum atomic E-state index is 12.1. The molecule has 1 aromatic heterocycles. The summed E-state index contributed by atoms with van der Waals surface area (Å²) in [4.78, 5) is 29.8. The van der Waals surface area contributed by atoms with Crippen molar-refractivity contribution in [2.45, 2.75) is 39.7 Å². The minimum atomic E-state index is -0.0865. The van der Waals surface area contributed by atoms with E-state index in [0.717, 1.165) is 35.4 Å². The number of nitrogens with zero attached hydrogens (tertiary/aromatic N) is 2. The molecule has 27 heavy (non-hydrogen) atoms. The Labute approximate surface area is 159 Å². The number of carbonyl (C=O) groups is 2. The molecule has 0 radical (unpaired) electrons. The van der Waals surface area contributed by atoms with E-state index < -0.39 is 0 Å². The van der Waals surface area contributed by atoms with Crippen LogP contribution in [0.15, 0.2) is 36.5 Å². The van der Waals surface area contributed by atoms with Gasteiger partial charge < -0.3 is 15.0 Å². The van der Waals surface area contributed by atoms with E-state index in [2.05, 4.69) is 10.3 Å². The van der Waals surface area contributed by atoms with E-state index in [1.807, 2.05) is 44.2 Å². The number of hydrogen-bond acceptors (Lipinski definition) is 4. The second-order valence-electron chi connectivity index (χ2n) is 6.80. The number of amides is 2. The number of likely N-dealkylation sites (tertiary alicyclic amines) is 1. The van der Waals surface area contributed by atoms with Gasteiger partial charge in [-0.2, -0.15) is 0 Å². The van der Waals surface area contributed by atoms with Crippen molar-refractivity contribution in [3.8, 4) is 11.6 Å². The lowest BCUT2D eigenvalue weighted by molar-refractivity contribution is -0.128.